The number of rotatable bonds is 4. The third kappa shape index (κ3) is 4.25. The fourth-order valence-corrected chi connectivity index (χ4v) is 1.94. The zero-order valence-corrected chi connectivity index (χ0v) is 12.5. The number of nitrogens with one attached hydrogen (secondary N) is 2. The zero-order valence-electron chi connectivity index (χ0n) is 12.5. The first-order chi connectivity index (χ1) is 10.6. The van der Waals surface area contributed by atoms with Gasteiger partial charge in [-0.1, -0.05) is 17.7 Å². The van der Waals surface area contributed by atoms with Crippen LogP contribution in [0.2, 0.25) is 0 Å². The Morgan fingerprint density at radius 3 is 2.55 bits per heavy atom. The van der Waals surface area contributed by atoms with Gasteiger partial charge in [-0.15, -0.1) is 0 Å². The molecule has 2 aromatic carbocycles. The highest BCUT2D eigenvalue weighted by Crippen LogP contribution is 2.18. The molecule has 0 heterocycles. The fourth-order valence-electron chi connectivity index (χ4n) is 1.94. The van der Waals surface area contributed by atoms with Gasteiger partial charge in [0.15, 0.2) is 6.73 Å². The van der Waals surface area contributed by atoms with Crippen LogP contribution in [-0.4, -0.2) is 12.8 Å². The first kappa shape index (κ1) is 15.4. The SMILES string of the molecule is Cc1ccc(OCNC(=O)Nc2ccc(C#N)cc2)c(C)c1. The molecule has 22 heavy (non-hydrogen) atoms. The highest BCUT2D eigenvalue weighted by Gasteiger charge is 2.03. The normalized spacial score (nSPS) is 9.68. The van der Waals surface area contributed by atoms with Crippen molar-refractivity contribution in [1.29, 1.82) is 5.26 Å². The summed E-state index contributed by atoms with van der Waals surface area (Å²) in [5.74, 6) is 0.740. The average Bonchev–Trinajstić information content (AvgIpc) is 2.50. The maximum atomic E-state index is 11.7. The summed E-state index contributed by atoms with van der Waals surface area (Å²) in [6.45, 7) is 4.05. The summed E-state index contributed by atoms with van der Waals surface area (Å²) in [7, 11) is 0. The molecule has 2 rings (SSSR count). The summed E-state index contributed by atoms with van der Waals surface area (Å²) in [4.78, 5) is 11.7. The Bertz CT molecular complexity index is 703. The van der Waals surface area contributed by atoms with Crippen molar-refractivity contribution in [3.05, 3.63) is 59.2 Å². The number of amides is 2. The molecule has 0 saturated carbocycles. The number of hydrogen-bond acceptors (Lipinski definition) is 3. The van der Waals surface area contributed by atoms with E-state index in [9.17, 15) is 4.79 Å². The van der Waals surface area contributed by atoms with Crippen LogP contribution in [0.5, 0.6) is 5.75 Å². The molecule has 112 valence electrons. The third-order valence-corrected chi connectivity index (χ3v) is 3.06. The minimum Gasteiger partial charge on any atom is -0.473 e. The number of urea groups is 1. The van der Waals surface area contributed by atoms with Crippen molar-refractivity contribution in [2.45, 2.75) is 13.8 Å². The summed E-state index contributed by atoms with van der Waals surface area (Å²) in [5, 5.41) is 14.0. The van der Waals surface area contributed by atoms with Crippen molar-refractivity contribution < 1.29 is 9.53 Å². The predicted octanol–water partition coefficient (Wildman–Crippen LogP) is 3.33. The van der Waals surface area contributed by atoms with Crippen LogP contribution in [0.4, 0.5) is 10.5 Å². The zero-order chi connectivity index (χ0) is 15.9. The number of aryl methyl sites for hydroxylation is 2. The molecule has 0 aliphatic carbocycles. The summed E-state index contributed by atoms with van der Waals surface area (Å²) >= 11 is 0. The Labute approximate surface area is 129 Å². The maximum Gasteiger partial charge on any atom is 0.321 e. The van der Waals surface area contributed by atoms with E-state index >= 15 is 0 Å². The van der Waals surface area contributed by atoms with E-state index in [4.69, 9.17) is 10.00 Å². The van der Waals surface area contributed by atoms with E-state index in [0.717, 1.165) is 16.9 Å². The lowest BCUT2D eigenvalue weighted by molar-refractivity contribution is 0.234. The van der Waals surface area contributed by atoms with E-state index < -0.39 is 0 Å². The molecular weight excluding hydrogens is 278 g/mol. The van der Waals surface area contributed by atoms with Crippen LogP contribution in [0.3, 0.4) is 0 Å². The van der Waals surface area contributed by atoms with Crippen LogP contribution in [0, 0.1) is 25.2 Å². The largest absolute Gasteiger partial charge is 0.473 e. The van der Waals surface area contributed by atoms with Crippen molar-refractivity contribution in [3.8, 4) is 11.8 Å². The molecule has 0 aliphatic heterocycles. The predicted molar refractivity (Wildman–Crippen MR) is 84.7 cm³/mol. The molecule has 0 saturated heterocycles. The van der Waals surface area contributed by atoms with Gasteiger partial charge in [0.25, 0.3) is 0 Å². The Hall–Kier alpha value is -3.00. The Morgan fingerprint density at radius 1 is 1.18 bits per heavy atom. The fraction of sp³-hybridized carbons (Fsp3) is 0.176. The van der Waals surface area contributed by atoms with Crippen LogP contribution in [0.25, 0.3) is 0 Å². The standard InChI is InChI=1S/C17H17N3O2/c1-12-3-8-16(13(2)9-12)22-11-19-17(21)20-15-6-4-14(10-18)5-7-15/h3-9H,11H2,1-2H3,(H2,19,20,21). The highest BCUT2D eigenvalue weighted by atomic mass is 16.5. The highest BCUT2D eigenvalue weighted by molar-refractivity contribution is 5.89. The van der Waals surface area contributed by atoms with E-state index in [2.05, 4.69) is 10.6 Å². The van der Waals surface area contributed by atoms with E-state index in [1.165, 1.54) is 0 Å². The van der Waals surface area contributed by atoms with Gasteiger partial charge in [-0.05, 0) is 49.7 Å². The molecule has 2 amide bonds. The van der Waals surface area contributed by atoms with Crippen molar-refractivity contribution in [1.82, 2.24) is 5.32 Å². The van der Waals surface area contributed by atoms with Crippen LogP contribution >= 0.6 is 0 Å². The molecule has 0 aromatic heterocycles. The minimum absolute atomic E-state index is 0.0754. The van der Waals surface area contributed by atoms with E-state index in [0.29, 0.717) is 11.3 Å². The minimum atomic E-state index is -0.366. The number of nitriles is 1. The molecule has 0 fully saturated rings. The lowest BCUT2D eigenvalue weighted by Crippen LogP contribution is -2.32. The second-order valence-electron chi connectivity index (χ2n) is 4.88. The van der Waals surface area contributed by atoms with Gasteiger partial charge in [-0.25, -0.2) is 4.79 Å². The van der Waals surface area contributed by atoms with Gasteiger partial charge >= 0.3 is 6.03 Å². The van der Waals surface area contributed by atoms with Gasteiger partial charge in [0.2, 0.25) is 0 Å². The van der Waals surface area contributed by atoms with Gasteiger partial charge in [0, 0.05) is 5.69 Å². The van der Waals surface area contributed by atoms with Gasteiger partial charge in [0.1, 0.15) is 5.75 Å². The molecular formula is C17H17N3O2. The summed E-state index contributed by atoms with van der Waals surface area (Å²) in [5.41, 5.74) is 3.35. The van der Waals surface area contributed by atoms with Crippen molar-refractivity contribution >= 4 is 11.7 Å². The smallest absolute Gasteiger partial charge is 0.321 e. The molecule has 5 heteroatoms. The lowest BCUT2D eigenvalue weighted by Gasteiger charge is -2.11. The molecule has 0 unspecified atom stereocenters. The molecule has 0 atom stereocenters. The number of hydrogen-bond donors (Lipinski definition) is 2. The maximum absolute atomic E-state index is 11.7. The Morgan fingerprint density at radius 2 is 1.91 bits per heavy atom. The number of nitrogens with zero attached hydrogens (tertiary/aromatic N) is 1. The van der Waals surface area contributed by atoms with E-state index in [-0.39, 0.29) is 12.8 Å². The number of benzene rings is 2. The lowest BCUT2D eigenvalue weighted by atomic mass is 10.1. The molecule has 0 aliphatic rings. The van der Waals surface area contributed by atoms with Crippen molar-refractivity contribution in [2.75, 3.05) is 12.0 Å². The molecule has 0 radical (unpaired) electrons. The van der Waals surface area contributed by atoms with Crippen LogP contribution < -0.4 is 15.4 Å². The summed E-state index contributed by atoms with van der Waals surface area (Å²) in [6, 6.07) is 14.1. The second-order valence-corrected chi connectivity index (χ2v) is 4.88. The number of carbonyl (C=O) groups excluding carboxylic acids is 1. The number of carbonyl (C=O) groups is 1. The van der Waals surface area contributed by atoms with Crippen LogP contribution in [-0.2, 0) is 0 Å². The van der Waals surface area contributed by atoms with Gasteiger partial charge in [-0.3, -0.25) is 0 Å². The second kappa shape index (κ2) is 7.14. The van der Waals surface area contributed by atoms with Gasteiger partial charge in [-0.2, -0.15) is 5.26 Å². The van der Waals surface area contributed by atoms with Crippen molar-refractivity contribution in [3.63, 3.8) is 0 Å². The number of ether oxygens (including phenoxy) is 1. The van der Waals surface area contributed by atoms with Crippen molar-refractivity contribution in [2.24, 2.45) is 0 Å². The molecule has 2 aromatic rings. The topological polar surface area (TPSA) is 74.2 Å². The molecule has 2 N–H and O–H groups in total. The summed E-state index contributed by atoms with van der Waals surface area (Å²) < 4.78 is 5.52. The molecule has 0 bridgehead atoms. The third-order valence-electron chi connectivity index (χ3n) is 3.06. The van der Waals surface area contributed by atoms with Crippen LogP contribution in [0.15, 0.2) is 42.5 Å². The van der Waals surface area contributed by atoms with Crippen LogP contribution in [0.1, 0.15) is 16.7 Å². The quantitative estimate of drug-likeness (QED) is 0.850. The number of anilines is 1. The van der Waals surface area contributed by atoms with Gasteiger partial charge in [0.05, 0.1) is 11.6 Å². The van der Waals surface area contributed by atoms with Gasteiger partial charge < -0.3 is 15.4 Å². The molecule has 0 spiro atoms. The molecule has 5 nitrogen and oxygen atoms in total. The Kier molecular flexibility index (Phi) is 4.99. The van der Waals surface area contributed by atoms with E-state index in [1.807, 2.05) is 38.1 Å². The first-order valence-corrected chi connectivity index (χ1v) is 6.83. The Balaban J connectivity index is 1.81. The average molecular weight is 295 g/mol. The first-order valence-electron chi connectivity index (χ1n) is 6.83. The monoisotopic (exact) mass is 295 g/mol. The van der Waals surface area contributed by atoms with E-state index in [1.54, 1.807) is 24.3 Å². The summed E-state index contributed by atoms with van der Waals surface area (Å²) in [6.07, 6.45) is 0.